The highest BCUT2D eigenvalue weighted by atomic mass is 16.8. The van der Waals surface area contributed by atoms with Gasteiger partial charge < -0.3 is 144 Å². The van der Waals surface area contributed by atoms with Crippen LogP contribution in [0.25, 0.3) is 0 Å². The third-order valence-electron chi connectivity index (χ3n) is 15.7. The van der Waals surface area contributed by atoms with Crippen LogP contribution in [0.15, 0.2) is 0 Å². The molecule has 6 fully saturated rings. The highest BCUT2D eigenvalue weighted by molar-refractivity contribution is 5.67. The Labute approximate surface area is 462 Å². The zero-order valence-electron chi connectivity index (χ0n) is 45.4. The lowest BCUT2D eigenvalue weighted by atomic mass is 9.95. The number of unbranched alkanes of at least 4 members (excludes halogenated alkanes) is 4. The molecule has 30 nitrogen and oxygen atoms in total. The molecule has 0 aromatic rings. The van der Waals surface area contributed by atoms with Gasteiger partial charge in [-0.15, -0.1) is 0 Å². The van der Waals surface area contributed by atoms with Crippen molar-refractivity contribution in [1.82, 2.24) is 0 Å². The third kappa shape index (κ3) is 16.2. The number of aliphatic hydroxyl groups excluding tert-OH is 16. The summed E-state index contributed by atoms with van der Waals surface area (Å²) in [5.41, 5.74) is 0. The lowest BCUT2D eigenvalue weighted by Crippen LogP contribution is -2.69. The largest absolute Gasteiger partial charge is 0.481 e. The van der Waals surface area contributed by atoms with Crippen LogP contribution in [0, 0.1) is 0 Å². The SMILES string of the molecule is CCCCCCC[C@@H](CCC[C@H](O)CC(=O)O)O[C@@H]1O[C@H](C)[C@H](O)[C@H](O)[C@H]1O[C@@H]1O[C@H](CO)[C@@H](O)[C@H](O)[C@H]1O[C@@H]1O[C@@H](C)[C@H](O[C@@H]2O[C@H](C)[C@H](O)[C@H](O)[C@H]2O)[C@@H](O[C@@H]2O[C@H](CO)[C@@H](O)[C@H](O)[C@H]2O[C@@H]2O[C@H](C)[C@@H](O)[C@H](O)[C@H]2O)[C@H]1O. The van der Waals surface area contributed by atoms with Gasteiger partial charge in [-0.05, 0) is 53.4 Å². The van der Waals surface area contributed by atoms with Crippen LogP contribution >= 0.6 is 0 Å². The van der Waals surface area contributed by atoms with Gasteiger partial charge in [0.05, 0.1) is 56.3 Å². The fraction of sp³-hybridized carbons (Fsp3) is 0.980. The van der Waals surface area contributed by atoms with Crippen molar-refractivity contribution in [3.8, 4) is 0 Å². The molecule has 468 valence electrons. The first-order valence-corrected chi connectivity index (χ1v) is 27.7. The van der Waals surface area contributed by atoms with Gasteiger partial charge >= 0.3 is 5.97 Å². The molecule has 0 aliphatic carbocycles. The normalized spacial score (nSPS) is 47.4. The number of ether oxygens (including phenoxy) is 12. The van der Waals surface area contributed by atoms with E-state index in [-0.39, 0.29) is 12.8 Å². The van der Waals surface area contributed by atoms with Crippen LogP contribution in [-0.2, 0) is 61.6 Å². The Kier molecular flexibility index (Phi) is 25.8. The predicted molar refractivity (Wildman–Crippen MR) is 262 cm³/mol. The fourth-order valence-corrected chi connectivity index (χ4v) is 10.7. The maximum Gasteiger partial charge on any atom is 0.305 e. The minimum Gasteiger partial charge on any atom is -0.481 e. The molecule has 30 heteroatoms. The van der Waals surface area contributed by atoms with E-state index >= 15 is 0 Å². The highest BCUT2D eigenvalue weighted by Crippen LogP contribution is 2.39. The van der Waals surface area contributed by atoms with Crippen molar-refractivity contribution in [2.75, 3.05) is 13.2 Å². The molecule has 0 aromatic carbocycles. The Morgan fingerprint density at radius 2 is 0.787 bits per heavy atom. The second-order valence-electron chi connectivity index (χ2n) is 21.8. The van der Waals surface area contributed by atoms with Crippen LogP contribution in [0.3, 0.4) is 0 Å². The summed E-state index contributed by atoms with van der Waals surface area (Å²) >= 11 is 0. The van der Waals surface area contributed by atoms with Crippen LogP contribution in [0.5, 0.6) is 0 Å². The van der Waals surface area contributed by atoms with Crippen LogP contribution in [-0.4, -0.2) is 302 Å². The van der Waals surface area contributed by atoms with Gasteiger partial charge in [-0.2, -0.15) is 0 Å². The number of aliphatic hydroxyl groups is 16. The van der Waals surface area contributed by atoms with E-state index in [0.717, 1.165) is 25.7 Å². The van der Waals surface area contributed by atoms with Gasteiger partial charge in [0.1, 0.15) is 122 Å². The Balaban J connectivity index is 1.32. The van der Waals surface area contributed by atoms with E-state index in [1.54, 1.807) is 0 Å². The number of hydrogen-bond donors (Lipinski definition) is 17. The molecule has 6 aliphatic heterocycles. The summed E-state index contributed by atoms with van der Waals surface area (Å²) < 4.78 is 72.6. The molecule has 17 N–H and O–H groups in total. The number of carboxylic acid groups (broad SMARTS) is 1. The van der Waals surface area contributed by atoms with Gasteiger partial charge in [0.15, 0.2) is 37.7 Å². The summed E-state index contributed by atoms with van der Waals surface area (Å²) in [7, 11) is 0. The lowest BCUT2D eigenvalue weighted by molar-refractivity contribution is -0.414. The van der Waals surface area contributed by atoms with E-state index < -0.39 is 222 Å². The van der Waals surface area contributed by atoms with Gasteiger partial charge in [0.25, 0.3) is 0 Å². The predicted octanol–water partition coefficient (Wildman–Crippen LogP) is -6.23. The molecule has 6 saturated heterocycles. The average Bonchev–Trinajstić information content (AvgIpc) is 3.41. The van der Waals surface area contributed by atoms with Crippen molar-refractivity contribution >= 4 is 5.97 Å². The minimum absolute atomic E-state index is 0.115. The number of aliphatic carboxylic acids is 1. The first-order valence-electron chi connectivity index (χ1n) is 27.7. The molecule has 0 saturated carbocycles. The van der Waals surface area contributed by atoms with Crippen molar-refractivity contribution in [3.05, 3.63) is 0 Å². The molecule has 0 amide bonds. The molecule has 0 spiro atoms. The zero-order valence-corrected chi connectivity index (χ0v) is 45.4. The molecule has 0 aromatic heterocycles. The van der Waals surface area contributed by atoms with Gasteiger partial charge in [-0.25, -0.2) is 0 Å². The Morgan fingerprint density at radius 1 is 0.400 bits per heavy atom. The number of carbonyl (C=O) groups is 1. The molecular weight excluding hydrogens is 1080 g/mol. The van der Waals surface area contributed by atoms with Crippen LogP contribution < -0.4 is 0 Å². The first kappa shape index (κ1) is 67.5. The Morgan fingerprint density at radius 3 is 1.27 bits per heavy atom. The summed E-state index contributed by atoms with van der Waals surface area (Å²) in [6, 6.07) is 0. The topological polar surface area (TPSA) is 472 Å². The van der Waals surface area contributed by atoms with E-state index in [2.05, 4.69) is 6.92 Å². The number of rotatable bonds is 26. The Bertz CT molecular complexity index is 1830. The van der Waals surface area contributed by atoms with E-state index in [4.69, 9.17) is 56.8 Å². The maximum atomic E-state index is 12.4. The number of carboxylic acids is 1. The maximum absolute atomic E-state index is 12.4. The van der Waals surface area contributed by atoms with Crippen molar-refractivity contribution in [2.45, 2.75) is 295 Å². The highest BCUT2D eigenvalue weighted by Gasteiger charge is 2.58. The van der Waals surface area contributed by atoms with E-state index in [0.29, 0.717) is 19.3 Å². The van der Waals surface area contributed by atoms with Crippen LogP contribution in [0.1, 0.15) is 98.8 Å². The molecule has 6 aliphatic rings. The van der Waals surface area contributed by atoms with Crippen molar-refractivity contribution in [2.24, 2.45) is 0 Å². The van der Waals surface area contributed by atoms with Gasteiger partial charge in [-0.1, -0.05) is 39.0 Å². The summed E-state index contributed by atoms with van der Waals surface area (Å²) in [6.45, 7) is 5.68. The second kappa shape index (κ2) is 30.6. The Hall–Kier alpha value is -1.65. The summed E-state index contributed by atoms with van der Waals surface area (Å²) in [5, 5.41) is 185. The molecule has 6 heterocycles. The molecule has 80 heavy (non-hydrogen) atoms. The van der Waals surface area contributed by atoms with E-state index in [1.165, 1.54) is 27.7 Å². The third-order valence-corrected chi connectivity index (χ3v) is 15.7. The quantitative estimate of drug-likeness (QED) is 0.0358. The smallest absolute Gasteiger partial charge is 0.305 e. The van der Waals surface area contributed by atoms with E-state index in [1.807, 2.05) is 0 Å². The molecule has 0 radical (unpaired) electrons. The molecule has 0 unspecified atom stereocenters. The average molecular weight is 1170 g/mol. The molecule has 0 bridgehead atoms. The minimum atomic E-state index is -2.23. The van der Waals surface area contributed by atoms with Crippen LogP contribution in [0.4, 0.5) is 0 Å². The van der Waals surface area contributed by atoms with Crippen molar-refractivity contribution in [1.29, 1.82) is 0 Å². The second-order valence-corrected chi connectivity index (χ2v) is 21.8. The standard InChI is InChI=1S/C50H88O30/c1-6-7-8-9-10-13-23(14-11-12-22(53)15-26(54)55)73-48-42(34(63)29(58)20(4)71-48)80-50-44(36(65)31(60)25(17-52)75-50)79-47-39(68)41(40(21(5)72-47)76-45-37(66)32(61)27(56)18(2)69-45)77-49-43(35(64)30(59)24(16-51)74-49)78-46-38(67)33(62)28(57)19(3)70-46/h18-25,27-53,56-68H,6-17H2,1-5H3,(H,54,55)/t18-,19-,20-,21+,22+,23+,24-,25-,27+,28-,29+,30-,31-,32+,33+,34+,35+,36+,37-,38-,39-,40+,41+,42-,43-,44-,45+,46+,47+,48+,49+,50+/m1/s1. The number of hydrogen-bond acceptors (Lipinski definition) is 29. The van der Waals surface area contributed by atoms with Crippen LogP contribution in [0.2, 0.25) is 0 Å². The summed E-state index contributed by atoms with van der Waals surface area (Å²) in [6.07, 6.45) is -49.8. The molecule has 6 rings (SSSR count). The molecular formula is C50H88O30. The monoisotopic (exact) mass is 1170 g/mol. The van der Waals surface area contributed by atoms with Crippen molar-refractivity contribution < 1.29 is 148 Å². The zero-order chi connectivity index (χ0) is 59.0. The van der Waals surface area contributed by atoms with Gasteiger partial charge in [-0.3, -0.25) is 4.79 Å². The lowest BCUT2D eigenvalue weighted by Gasteiger charge is -2.51. The van der Waals surface area contributed by atoms with Crippen molar-refractivity contribution in [3.63, 3.8) is 0 Å². The molecule has 32 atom stereocenters. The summed E-state index contributed by atoms with van der Waals surface area (Å²) in [4.78, 5) is 11.2. The van der Waals surface area contributed by atoms with Gasteiger partial charge in [0.2, 0.25) is 0 Å². The van der Waals surface area contributed by atoms with E-state index in [9.17, 15) is 91.6 Å². The first-order chi connectivity index (χ1) is 37.8. The van der Waals surface area contributed by atoms with Gasteiger partial charge in [0, 0.05) is 0 Å². The fourth-order valence-electron chi connectivity index (χ4n) is 10.7. The summed E-state index contributed by atoms with van der Waals surface area (Å²) in [5.74, 6) is -1.18.